The summed E-state index contributed by atoms with van der Waals surface area (Å²) in [5.41, 5.74) is 2.82. The molecule has 4 heterocycles. The van der Waals surface area contributed by atoms with Gasteiger partial charge in [-0.25, -0.2) is 14.4 Å². The highest BCUT2D eigenvalue weighted by Gasteiger charge is 2.31. The van der Waals surface area contributed by atoms with Crippen molar-refractivity contribution < 1.29 is 4.39 Å². The number of halogens is 1. The van der Waals surface area contributed by atoms with Gasteiger partial charge in [0.15, 0.2) is 5.82 Å². The van der Waals surface area contributed by atoms with Crippen molar-refractivity contribution in [3.05, 3.63) is 66.7 Å². The van der Waals surface area contributed by atoms with Crippen molar-refractivity contribution in [2.45, 2.75) is 25.1 Å². The highest BCUT2D eigenvalue weighted by molar-refractivity contribution is 5.88. The third kappa shape index (κ3) is 4.39. The molecule has 1 fully saturated rings. The second-order valence-corrected chi connectivity index (χ2v) is 7.98. The molecule has 158 valence electrons. The fourth-order valence-electron chi connectivity index (χ4n) is 3.92. The predicted octanol–water partition coefficient (Wildman–Crippen LogP) is 3.44. The SMILES string of the molecule is FC1(CNc2nc(-c3cnn(Cc4ccccc4)c3)cc3nccnc23)CCCNC1. The average molecular weight is 417 g/mol. The summed E-state index contributed by atoms with van der Waals surface area (Å²) in [6, 6.07) is 12.1. The van der Waals surface area contributed by atoms with E-state index >= 15 is 4.39 Å². The van der Waals surface area contributed by atoms with E-state index in [1.165, 1.54) is 5.56 Å². The molecule has 1 saturated heterocycles. The number of nitrogens with one attached hydrogen (secondary N) is 2. The van der Waals surface area contributed by atoms with Gasteiger partial charge in [-0.15, -0.1) is 0 Å². The minimum atomic E-state index is -1.30. The van der Waals surface area contributed by atoms with Gasteiger partial charge in [0.25, 0.3) is 0 Å². The Morgan fingerprint density at radius 3 is 2.87 bits per heavy atom. The number of hydrogen-bond acceptors (Lipinski definition) is 6. The molecule has 0 spiro atoms. The average Bonchev–Trinajstić information content (AvgIpc) is 3.27. The van der Waals surface area contributed by atoms with Crippen molar-refractivity contribution in [1.29, 1.82) is 0 Å². The minimum Gasteiger partial charge on any atom is -0.365 e. The van der Waals surface area contributed by atoms with Gasteiger partial charge in [0.1, 0.15) is 11.2 Å². The van der Waals surface area contributed by atoms with E-state index in [-0.39, 0.29) is 6.54 Å². The van der Waals surface area contributed by atoms with Gasteiger partial charge in [-0.1, -0.05) is 30.3 Å². The molecule has 0 aliphatic carbocycles. The molecule has 4 aromatic rings. The smallest absolute Gasteiger partial charge is 0.155 e. The van der Waals surface area contributed by atoms with Crippen molar-refractivity contribution in [3.8, 4) is 11.3 Å². The number of alkyl halides is 1. The summed E-state index contributed by atoms with van der Waals surface area (Å²) in [5.74, 6) is 0.541. The molecule has 2 N–H and O–H groups in total. The summed E-state index contributed by atoms with van der Waals surface area (Å²) in [6.07, 6.45) is 8.38. The molecule has 0 saturated carbocycles. The van der Waals surface area contributed by atoms with Gasteiger partial charge in [-0.3, -0.25) is 9.67 Å². The topological polar surface area (TPSA) is 80.6 Å². The van der Waals surface area contributed by atoms with Crippen LogP contribution in [0.15, 0.2) is 61.2 Å². The van der Waals surface area contributed by atoms with Crippen molar-refractivity contribution in [2.24, 2.45) is 0 Å². The van der Waals surface area contributed by atoms with Gasteiger partial charge >= 0.3 is 0 Å². The number of rotatable bonds is 6. The summed E-state index contributed by atoms with van der Waals surface area (Å²) >= 11 is 0. The van der Waals surface area contributed by atoms with E-state index in [2.05, 4.69) is 37.8 Å². The molecule has 1 unspecified atom stereocenters. The van der Waals surface area contributed by atoms with Gasteiger partial charge in [0.2, 0.25) is 0 Å². The Morgan fingerprint density at radius 1 is 1.16 bits per heavy atom. The van der Waals surface area contributed by atoms with E-state index in [0.29, 0.717) is 36.4 Å². The van der Waals surface area contributed by atoms with Gasteiger partial charge in [0.05, 0.1) is 30.5 Å². The summed E-state index contributed by atoms with van der Waals surface area (Å²) in [5, 5.41) is 10.8. The second kappa shape index (κ2) is 8.39. The highest BCUT2D eigenvalue weighted by Crippen LogP contribution is 2.27. The largest absolute Gasteiger partial charge is 0.365 e. The van der Waals surface area contributed by atoms with E-state index in [1.54, 1.807) is 18.6 Å². The molecule has 0 radical (unpaired) electrons. The first-order valence-electron chi connectivity index (χ1n) is 10.5. The Labute approximate surface area is 179 Å². The number of anilines is 1. The van der Waals surface area contributed by atoms with Gasteiger partial charge in [-0.05, 0) is 31.0 Å². The molecular formula is C23H24FN7. The molecule has 3 aromatic heterocycles. The van der Waals surface area contributed by atoms with Gasteiger partial charge in [-0.2, -0.15) is 5.10 Å². The lowest BCUT2D eigenvalue weighted by molar-refractivity contribution is 0.137. The number of aromatic nitrogens is 5. The lowest BCUT2D eigenvalue weighted by Crippen LogP contribution is -2.46. The van der Waals surface area contributed by atoms with E-state index in [9.17, 15) is 0 Å². The number of benzene rings is 1. The fourth-order valence-corrected chi connectivity index (χ4v) is 3.92. The maximum absolute atomic E-state index is 15.1. The Bertz CT molecular complexity index is 1170. The number of pyridine rings is 1. The van der Waals surface area contributed by atoms with Crippen molar-refractivity contribution in [3.63, 3.8) is 0 Å². The zero-order chi connectivity index (χ0) is 21.1. The molecular weight excluding hydrogens is 393 g/mol. The molecule has 8 heteroatoms. The summed E-state index contributed by atoms with van der Waals surface area (Å²) in [4.78, 5) is 13.6. The Kier molecular flexibility index (Phi) is 5.30. The molecule has 1 atom stereocenters. The molecule has 31 heavy (non-hydrogen) atoms. The lowest BCUT2D eigenvalue weighted by atomic mass is 9.96. The molecule has 0 amide bonds. The summed E-state index contributed by atoms with van der Waals surface area (Å²) in [6.45, 7) is 2.06. The van der Waals surface area contributed by atoms with Crippen molar-refractivity contribution in [2.75, 3.05) is 25.0 Å². The number of hydrogen-bond donors (Lipinski definition) is 2. The molecule has 7 nitrogen and oxygen atoms in total. The summed E-state index contributed by atoms with van der Waals surface area (Å²) < 4.78 is 17.0. The van der Waals surface area contributed by atoms with Gasteiger partial charge < -0.3 is 10.6 Å². The van der Waals surface area contributed by atoms with E-state index in [1.807, 2.05) is 35.1 Å². The third-order valence-corrected chi connectivity index (χ3v) is 5.57. The molecule has 1 aliphatic heterocycles. The Hall–Kier alpha value is -3.39. The number of piperidine rings is 1. The standard InChI is InChI=1S/C23H24FN7/c24-23(7-4-8-25-15-23)16-28-22-21-20(26-9-10-27-21)11-19(30-22)18-12-29-31(14-18)13-17-5-2-1-3-6-17/h1-3,5-6,9-12,14,25H,4,7-8,13,15-16H2,(H,28,30). The van der Waals surface area contributed by atoms with Crippen molar-refractivity contribution >= 4 is 16.9 Å². The third-order valence-electron chi connectivity index (χ3n) is 5.57. The van der Waals surface area contributed by atoms with Crippen LogP contribution >= 0.6 is 0 Å². The zero-order valence-corrected chi connectivity index (χ0v) is 17.1. The van der Waals surface area contributed by atoms with Crippen LogP contribution in [0.1, 0.15) is 18.4 Å². The van der Waals surface area contributed by atoms with Gasteiger partial charge in [0, 0.05) is 30.7 Å². The predicted molar refractivity (Wildman–Crippen MR) is 119 cm³/mol. The monoisotopic (exact) mass is 417 g/mol. The van der Waals surface area contributed by atoms with Crippen LogP contribution in [0.4, 0.5) is 10.2 Å². The Morgan fingerprint density at radius 2 is 2.03 bits per heavy atom. The van der Waals surface area contributed by atoms with Crippen LogP contribution in [0, 0.1) is 0 Å². The zero-order valence-electron chi connectivity index (χ0n) is 17.1. The first-order valence-corrected chi connectivity index (χ1v) is 10.5. The van der Waals surface area contributed by atoms with Crippen LogP contribution in [0.3, 0.4) is 0 Å². The van der Waals surface area contributed by atoms with Crippen LogP contribution in [-0.4, -0.2) is 50.0 Å². The normalized spacial score (nSPS) is 18.9. The van der Waals surface area contributed by atoms with E-state index < -0.39 is 5.67 Å². The van der Waals surface area contributed by atoms with E-state index in [4.69, 9.17) is 4.98 Å². The van der Waals surface area contributed by atoms with Crippen LogP contribution in [-0.2, 0) is 6.54 Å². The first-order chi connectivity index (χ1) is 15.2. The summed E-state index contributed by atoms with van der Waals surface area (Å²) in [7, 11) is 0. The van der Waals surface area contributed by atoms with Crippen LogP contribution in [0.25, 0.3) is 22.3 Å². The lowest BCUT2D eigenvalue weighted by Gasteiger charge is -2.30. The fraction of sp³-hybridized carbons (Fsp3) is 0.304. The van der Waals surface area contributed by atoms with Crippen LogP contribution < -0.4 is 10.6 Å². The second-order valence-electron chi connectivity index (χ2n) is 7.98. The first kappa shape index (κ1) is 19.6. The minimum absolute atomic E-state index is 0.176. The molecule has 0 bridgehead atoms. The molecule has 1 aliphatic rings. The highest BCUT2D eigenvalue weighted by atomic mass is 19.1. The Balaban J connectivity index is 1.43. The maximum atomic E-state index is 15.1. The molecule has 1 aromatic carbocycles. The maximum Gasteiger partial charge on any atom is 0.155 e. The van der Waals surface area contributed by atoms with Crippen LogP contribution in [0.2, 0.25) is 0 Å². The number of nitrogens with zero attached hydrogens (tertiary/aromatic N) is 5. The number of fused-ring (bicyclic) bond motifs is 1. The quantitative estimate of drug-likeness (QED) is 0.500. The molecule has 5 rings (SSSR count). The van der Waals surface area contributed by atoms with Crippen LogP contribution in [0.5, 0.6) is 0 Å². The van der Waals surface area contributed by atoms with E-state index in [0.717, 1.165) is 24.2 Å². The van der Waals surface area contributed by atoms with Crippen molar-refractivity contribution in [1.82, 2.24) is 30.0 Å².